The van der Waals surface area contributed by atoms with Crippen LogP contribution in [0.25, 0.3) is 0 Å². The number of primary amides is 1. The SMILES string of the molecule is NC(=O)c1c(NC(=O)COC(=O)[C@@H]2CCCN2C(=O)c2cccs2)sc2c1CCC2. The van der Waals surface area contributed by atoms with E-state index in [1.54, 1.807) is 12.1 Å². The molecule has 0 bridgehead atoms. The van der Waals surface area contributed by atoms with E-state index in [0.29, 0.717) is 34.8 Å². The molecule has 3 amide bonds. The predicted octanol–water partition coefficient (Wildman–Crippen LogP) is 2.18. The van der Waals surface area contributed by atoms with Gasteiger partial charge in [0.1, 0.15) is 11.0 Å². The van der Waals surface area contributed by atoms with Gasteiger partial charge in [0.15, 0.2) is 6.61 Å². The van der Waals surface area contributed by atoms with Crippen LogP contribution in [0.3, 0.4) is 0 Å². The highest BCUT2D eigenvalue weighted by molar-refractivity contribution is 7.17. The second-order valence-electron chi connectivity index (χ2n) is 7.22. The number of thiophene rings is 2. The molecule has 2 aromatic heterocycles. The Morgan fingerprint density at radius 2 is 2.07 bits per heavy atom. The minimum Gasteiger partial charge on any atom is -0.454 e. The Hall–Kier alpha value is -2.72. The van der Waals surface area contributed by atoms with Gasteiger partial charge in [-0.1, -0.05) is 6.07 Å². The average molecular weight is 448 g/mol. The van der Waals surface area contributed by atoms with Gasteiger partial charge in [0.05, 0.1) is 10.4 Å². The lowest BCUT2D eigenvalue weighted by Crippen LogP contribution is -2.41. The smallest absolute Gasteiger partial charge is 0.329 e. The van der Waals surface area contributed by atoms with Gasteiger partial charge in [-0.05, 0) is 49.1 Å². The number of fused-ring (bicyclic) bond motifs is 1. The van der Waals surface area contributed by atoms with E-state index in [9.17, 15) is 19.2 Å². The molecule has 30 heavy (non-hydrogen) atoms. The average Bonchev–Trinajstić information content (AvgIpc) is 3.49. The molecule has 2 aliphatic rings. The lowest BCUT2D eigenvalue weighted by atomic mass is 10.1. The van der Waals surface area contributed by atoms with E-state index >= 15 is 0 Å². The van der Waals surface area contributed by atoms with E-state index in [-0.39, 0.29) is 5.91 Å². The molecule has 1 atom stereocenters. The highest BCUT2D eigenvalue weighted by atomic mass is 32.1. The van der Waals surface area contributed by atoms with Gasteiger partial charge in [-0.2, -0.15) is 0 Å². The number of likely N-dealkylation sites (tertiary alicyclic amines) is 1. The van der Waals surface area contributed by atoms with Crippen LogP contribution in [-0.4, -0.2) is 47.8 Å². The summed E-state index contributed by atoms with van der Waals surface area (Å²) in [5.41, 5.74) is 6.76. The predicted molar refractivity (Wildman–Crippen MR) is 113 cm³/mol. The third-order valence-electron chi connectivity index (χ3n) is 5.28. The Morgan fingerprint density at radius 1 is 1.23 bits per heavy atom. The van der Waals surface area contributed by atoms with Crippen LogP contribution < -0.4 is 11.1 Å². The number of anilines is 1. The summed E-state index contributed by atoms with van der Waals surface area (Å²) in [4.78, 5) is 52.4. The highest BCUT2D eigenvalue weighted by Crippen LogP contribution is 2.38. The second kappa shape index (κ2) is 8.57. The van der Waals surface area contributed by atoms with Crippen molar-refractivity contribution in [2.24, 2.45) is 5.73 Å². The Balaban J connectivity index is 1.36. The molecule has 0 radical (unpaired) electrons. The highest BCUT2D eigenvalue weighted by Gasteiger charge is 2.36. The quantitative estimate of drug-likeness (QED) is 0.658. The number of hydrogen-bond donors (Lipinski definition) is 2. The number of nitrogens with two attached hydrogens (primary N) is 1. The number of carbonyl (C=O) groups is 4. The molecule has 0 spiro atoms. The standard InChI is InChI=1S/C20H21N3O5S2/c21-17(25)16-11-4-1-6-13(11)30-18(16)22-15(24)10-28-20(27)12-5-2-8-23(12)19(26)14-7-3-9-29-14/h3,7,9,12H,1-2,4-6,8,10H2,(H2,21,25)(H,22,24)/t12-/m0/s1. The first-order valence-electron chi connectivity index (χ1n) is 9.71. The largest absolute Gasteiger partial charge is 0.454 e. The minimum absolute atomic E-state index is 0.201. The van der Waals surface area contributed by atoms with Crippen LogP contribution in [0.15, 0.2) is 17.5 Å². The van der Waals surface area contributed by atoms with E-state index in [1.165, 1.54) is 27.6 Å². The molecule has 8 nitrogen and oxygen atoms in total. The Kier molecular flexibility index (Phi) is 5.87. The molecule has 0 unspecified atom stereocenters. The van der Waals surface area contributed by atoms with Gasteiger partial charge in [0, 0.05) is 11.4 Å². The summed E-state index contributed by atoms with van der Waals surface area (Å²) in [6.45, 7) is -0.0114. The van der Waals surface area contributed by atoms with Crippen molar-refractivity contribution in [3.05, 3.63) is 38.4 Å². The molecule has 1 fully saturated rings. The fourth-order valence-corrected chi connectivity index (χ4v) is 5.93. The molecular weight excluding hydrogens is 426 g/mol. The number of hydrogen-bond acceptors (Lipinski definition) is 7. The molecule has 1 aliphatic heterocycles. The molecule has 3 N–H and O–H groups in total. The molecule has 10 heteroatoms. The second-order valence-corrected chi connectivity index (χ2v) is 9.27. The van der Waals surface area contributed by atoms with Crippen molar-refractivity contribution in [3.63, 3.8) is 0 Å². The molecule has 4 rings (SSSR count). The maximum atomic E-state index is 12.6. The zero-order valence-electron chi connectivity index (χ0n) is 16.1. The van der Waals surface area contributed by atoms with Gasteiger partial charge >= 0.3 is 5.97 Å². The molecule has 0 saturated carbocycles. The zero-order chi connectivity index (χ0) is 21.3. The van der Waals surface area contributed by atoms with Crippen LogP contribution in [0.2, 0.25) is 0 Å². The van der Waals surface area contributed by atoms with Gasteiger partial charge in [0.25, 0.3) is 17.7 Å². The van der Waals surface area contributed by atoms with Crippen molar-refractivity contribution in [1.82, 2.24) is 4.90 Å². The van der Waals surface area contributed by atoms with Gasteiger partial charge in [-0.15, -0.1) is 22.7 Å². The van der Waals surface area contributed by atoms with Crippen molar-refractivity contribution < 1.29 is 23.9 Å². The fourth-order valence-electron chi connectivity index (χ4n) is 3.95. The third kappa shape index (κ3) is 3.97. The number of aryl methyl sites for hydroxylation is 1. The molecule has 1 aliphatic carbocycles. The molecule has 3 heterocycles. The van der Waals surface area contributed by atoms with Crippen LogP contribution >= 0.6 is 22.7 Å². The van der Waals surface area contributed by atoms with Crippen molar-refractivity contribution in [1.29, 1.82) is 0 Å². The van der Waals surface area contributed by atoms with Crippen molar-refractivity contribution in [2.75, 3.05) is 18.5 Å². The topological polar surface area (TPSA) is 119 Å². The zero-order valence-corrected chi connectivity index (χ0v) is 17.8. The van der Waals surface area contributed by atoms with Crippen LogP contribution in [0, 0.1) is 0 Å². The minimum atomic E-state index is -0.695. The maximum absolute atomic E-state index is 12.6. The Bertz CT molecular complexity index is 999. The lowest BCUT2D eigenvalue weighted by Gasteiger charge is -2.22. The van der Waals surface area contributed by atoms with Gasteiger partial charge in [0.2, 0.25) is 0 Å². The number of ether oxygens (including phenoxy) is 1. The fraction of sp³-hybridized carbons (Fsp3) is 0.400. The maximum Gasteiger partial charge on any atom is 0.329 e. The van der Waals surface area contributed by atoms with Crippen molar-refractivity contribution in [2.45, 2.75) is 38.1 Å². The summed E-state index contributed by atoms with van der Waals surface area (Å²) in [5, 5.41) is 4.86. The number of rotatable bonds is 6. The van der Waals surface area contributed by atoms with E-state index in [2.05, 4.69) is 5.32 Å². The summed E-state index contributed by atoms with van der Waals surface area (Å²) in [7, 11) is 0. The van der Waals surface area contributed by atoms with Crippen LogP contribution in [0.4, 0.5) is 5.00 Å². The Labute approximate surface area is 181 Å². The van der Waals surface area contributed by atoms with Gasteiger partial charge in [-0.25, -0.2) is 4.79 Å². The number of nitrogens with one attached hydrogen (secondary N) is 1. The third-order valence-corrected chi connectivity index (χ3v) is 7.35. The van der Waals surface area contributed by atoms with Gasteiger partial charge in [-0.3, -0.25) is 14.4 Å². The summed E-state index contributed by atoms with van der Waals surface area (Å²) < 4.78 is 5.18. The first-order valence-corrected chi connectivity index (χ1v) is 11.4. The van der Waals surface area contributed by atoms with Crippen LogP contribution in [-0.2, 0) is 27.2 Å². The van der Waals surface area contributed by atoms with E-state index in [0.717, 1.165) is 29.7 Å². The monoisotopic (exact) mass is 447 g/mol. The molecular formula is C20H21N3O5S2. The van der Waals surface area contributed by atoms with E-state index in [4.69, 9.17) is 10.5 Å². The first kappa shape index (κ1) is 20.5. The number of esters is 1. The van der Waals surface area contributed by atoms with Crippen molar-refractivity contribution in [3.8, 4) is 0 Å². The summed E-state index contributed by atoms with van der Waals surface area (Å²) in [6.07, 6.45) is 3.80. The lowest BCUT2D eigenvalue weighted by molar-refractivity contribution is -0.151. The molecule has 1 saturated heterocycles. The number of nitrogens with zero attached hydrogens (tertiary/aromatic N) is 1. The van der Waals surface area contributed by atoms with Crippen molar-refractivity contribution >= 4 is 51.4 Å². The summed E-state index contributed by atoms with van der Waals surface area (Å²) >= 11 is 2.66. The summed E-state index contributed by atoms with van der Waals surface area (Å²) in [6, 6.07) is 2.81. The number of amides is 3. The van der Waals surface area contributed by atoms with E-state index < -0.39 is 30.4 Å². The molecule has 158 valence electrons. The molecule has 0 aromatic carbocycles. The summed E-state index contributed by atoms with van der Waals surface area (Å²) in [5.74, 6) is -1.92. The first-order chi connectivity index (χ1) is 14.5. The van der Waals surface area contributed by atoms with E-state index in [1.807, 2.05) is 5.38 Å². The number of carbonyl (C=O) groups excluding carboxylic acids is 4. The Morgan fingerprint density at radius 3 is 2.80 bits per heavy atom. The van der Waals surface area contributed by atoms with Gasteiger partial charge < -0.3 is 20.7 Å². The van der Waals surface area contributed by atoms with Crippen LogP contribution in [0.5, 0.6) is 0 Å². The molecule has 2 aromatic rings. The normalized spacial score (nSPS) is 17.6. The van der Waals surface area contributed by atoms with Crippen LogP contribution in [0.1, 0.15) is 49.7 Å².